The van der Waals surface area contributed by atoms with Crippen LogP contribution < -0.4 is 4.90 Å². The summed E-state index contributed by atoms with van der Waals surface area (Å²) in [5.41, 5.74) is 1.63. The number of nitrogens with zero attached hydrogens (tertiary/aromatic N) is 1. The molecule has 1 saturated heterocycles. The summed E-state index contributed by atoms with van der Waals surface area (Å²) in [6.07, 6.45) is 1.64. The van der Waals surface area contributed by atoms with Gasteiger partial charge in [-0.2, -0.15) is 0 Å². The Morgan fingerprint density at radius 3 is 2.64 bits per heavy atom. The zero-order valence-electron chi connectivity index (χ0n) is 13.8. The van der Waals surface area contributed by atoms with Gasteiger partial charge in [-0.05, 0) is 30.3 Å². The van der Waals surface area contributed by atoms with E-state index in [9.17, 15) is 9.50 Å². The van der Waals surface area contributed by atoms with Gasteiger partial charge >= 0.3 is 0 Å². The Bertz CT molecular complexity index is 731. The van der Waals surface area contributed by atoms with Gasteiger partial charge in [0.15, 0.2) is 0 Å². The molecule has 1 aliphatic rings. The van der Waals surface area contributed by atoms with E-state index in [1.54, 1.807) is 24.4 Å². The van der Waals surface area contributed by atoms with Crippen LogP contribution in [0.2, 0.25) is 5.02 Å². The van der Waals surface area contributed by atoms with Crippen LogP contribution in [0.25, 0.3) is 0 Å². The Morgan fingerprint density at radius 1 is 1.20 bits per heavy atom. The summed E-state index contributed by atoms with van der Waals surface area (Å²) < 4.78 is 18.7. The highest BCUT2D eigenvalue weighted by molar-refractivity contribution is 6.30. The van der Waals surface area contributed by atoms with Crippen LogP contribution in [-0.4, -0.2) is 44.2 Å². The van der Waals surface area contributed by atoms with Crippen molar-refractivity contribution in [2.75, 3.05) is 32.8 Å². The van der Waals surface area contributed by atoms with Crippen LogP contribution in [0.3, 0.4) is 0 Å². The first-order valence-corrected chi connectivity index (χ1v) is 8.67. The maximum Gasteiger partial charge on any atom is 0.133 e. The number of hydrogen-bond donors (Lipinski definition) is 2. The number of nitrogens with one attached hydrogen (secondary N) is 1. The van der Waals surface area contributed by atoms with Gasteiger partial charge in [-0.15, -0.1) is 0 Å². The third-order valence-electron chi connectivity index (χ3n) is 4.41. The lowest BCUT2D eigenvalue weighted by Gasteiger charge is -2.31. The lowest BCUT2D eigenvalue weighted by molar-refractivity contribution is -0.937. The van der Waals surface area contributed by atoms with Crippen molar-refractivity contribution in [3.63, 3.8) is 0 Å². The van der Waals surface area contributed by atoms with Crippen LogP contribution >= 0.6 is 11.6 Å². The smallest absolute Gasteiger partial charge is 0.133 e. The molecule has 25 heavy (non-hydrogen) atoms. The highest BCUT2D eigenvalue weighted by atomic mass is 35.5. The van der Waals surface area contributed by atoms with E-state index in [0.29, 0.717) is 30.3 Å². The molecule has 0 spiro atoms. The van der Waals surface area contributed by atoms with E-state index in [-0.39, 0.29) is 17.6 Å². The minimum atomic E-state index is -0.244. The second kappa shape index (κ2) is 8.43. The molecule has 132 valence electrons. The topological polar surface area (TPSA) is 46.3 Å². The number of hydrogen-bond acceptors (Lipinski definition) is 3. The molecule has 1 aliphatic heterocycles. The second-order valence-electron chi connectivity index (χ2n) is 6.07. The van der Waals surface area contributed by atoms with Crippen molar-refractivity contribution in [1.82, 2.24) is 0 Å². The minimum Gasteiger partial charge on any atom is -0.507 e. The van der Waals surface area contributed by atoms with Gasteiger partial charge in [0.2, 0.25) is 0 Å². The van der Waals surface area contributed by atoms with Crippen LogP contribution in [-0.2, 0) is 4.74 Å². The molecule has 2 aromatic rings. The van der Waals surface area contributed by atoms with Gasteiger partial charge in [0.1, 0.15) is 30.7 Å². The number of rotatable bonds is 5. The third-order valence-corrected chi connectivity index (χ3v) is 4.64. The van der Waals surface area contributed by atoms with Gasteiger partial charge in [-0.25, -0.2) is 4.39 Å². The van der Waals surface area contributed by atoms with Crippen molar-refractivity contribution in [3.05, 3.63) is 64.4 Å². The van der Waals surface area contributed by atoms with Crippen molar-refractivity contribution >= 4 is 17.8 Å². The number of aliphatic imine (C=N–C) groups is 1. The van der Waals surface area contributed by atoms with E-state index < -0.39 is 0 Å². The van der Waals surface area contributed by atoms with Gasteiger partial charge in [0, 0.05) is 22.4 Å². The highest BCUT2D eigenvalue weighted by Gasteiger charge is 2.26. The zero-order valence-corrected chi connectivity index (χ0v) is 14.5. The number of aromatic hydroxyl groups is 1. The van der Waals surface area contributed by atoms with Crippen molar-refractivity contribution in [3.8, 4) is 5.75 Å². The molecule has 0 bridgehead atoms. The Balaban J connectivity index is 1.78. The first kappa shape index (κ1) is 17.9. The number of halogens is 2. The highest BCUT2D eigenvalue weighted by Crippen LogP contribution is 2.20. The number of benzene rings is 2. The quantitative estimate of drug-likeness (QED) is 0.800. The van der Waals surface area contributed by atoms with Gasteiger partial charge in [-0.1, -0.05) is 23.7 Å². The zero-order chi connectivity index (χ0) is 17.6. The molecule has 2 aromatic carbocycles. The molecule has 3 rings (SSSR count). The first-order chi connectivity index (χ1) is 12.1. The molecule has 4 nitrogen and oxygen atoms in total. The van der Waals surface area contributed by atoms with Crippen molar-refractivity contribution in [2.24, 2.45) is 4.99 Å². The van der Waals surface area contributed by atoms with Crippen LogP contribution in [0.5, 0.6) is 5.75 Å². The van der Waals surface area contributed by atoms with Crippen molar-refractivity contribution in [2.45, 2.75) is 6.04 Å². The number of phenols is 1. The molecule has 0 aliphatic carbocycles. The Hall–Kier alpha value is -1.95. The Labute approximate surface area is 151 Å². The van der Waals surface area contributed by atoms with E-state index >= 15 is 0 Å². The van der Waals surface area contributed by atoms with Crippen molar-refractivity contribution < 1.29 is 19.1 Å². The standard InChI is InChI=1S/C19H20ClFN2O2/c20-16-3-6-19(24)15(11-16)12-22-13-18(23-7-9-25-10-8-23)14-1-4-17(21)5-2-14/h1-6,11-12,18,24H,7-10,13H2/p+1/t18-/m1/s1. The number of morpholine rings is 1. The molecule has 0 unspecified atom stereocenters. The summed E-state index contributed by atoms with van der Waals surface area (Å²) in [6.45, 7) is 3.74. The lowest BCUT2D eigenvalue weighted by Crippen LogP contribution is -3.14. The number of quaternary nitrogens is 1. The van der Waals surface area contributed by atoms with Crippen LogP contribution in [0.1, 0.15) is 17.2 Å². The minimum absolute atomic E-state index is 0.113. The molecular formula is C19H21ClFN2O2+. The summed E-state index contributed by atoms with van der Waals surface area (Å²) in [5.74, 6) is -0.1000. The molecule has 0 aromatic heterocycles. The van der Waals surface area contributed by atoms with Gasteiger partial charge < -0.3 is 14.7 Å². The van der Waals surface area contributed by atoms with Gasteiger partial charge in [0.05, 0.1) is 19.8 Å². The molecule has 1 atom stereocenters. The van der Waals surface area contributed by atoms with Gasteiger partial charge in [0.25, 0.3) is 0 Å². The van der Waals surface area contributed by atoms with E-state index in [4.69, 9.17) is 16.3 Å². The van der Waals surface area contributed by atoms with Crippen molar-refractivity contribution in [1.29, 1.82) is 0 Å². The first-order valence-electron chi connectivity index (χ1n) is 8.29. The summed E-state index contributed by atoms with van der Waals surface area (Å²) in [6, 6.07) is 11.6. The molecule has 0 amide bonds. The summed E-state index contributed by atoms with van der Waals surface area (Å²) in [5, 5.41) is 10.4. The fraction of sp³-hybridized carbons (Fsp3) is 0.316. The fourth-order valence-electron chi connectivity index (χ4n) is 3.03. The summed E-state index contributed by atoms with van der Waals surface area (Å²) >= 11 is 5.96. The average Bonchev–Trinajstić information content (AvgIpc) is 2.63. The molecule has 2 N–H and O–H groups in total. The predicted molar refractivity (Wildman–Crippen MR) is 96.2 cm³/mol. The molecule has 0 saturated carbocycles. The fourth-order valence-corrected chi connectivity index (χ4v) is 3.21. The molecule has 0 radical (unpaired) electrons. The Morgan fingerprint density at radius 2 is 1.92 bits per heavy atom. The number of ether oxygens (including phenoxy) is 1. The maximum absolute atomic E-state index is 13.3. The second-order valence-corrected chi connectivity index (χ2v) is 6.51. The van der Waals surface area contributed by atoms with Crippen LogP contribution in [0.4, 0.5) is 4.39 Å². The molecule has 1 heterocycles. The SMILES string of the molecule is Oc1ccc(Cl)cc1C=NC[C@H](c1ccc(F)cc1)[NH+]1CCOCC1. The third kappa shape index (κ3) is 4.78. The van der Waals surface area contributed by atoms with Gasteiger partial charge in [-0.3, -0.25) is 4.99 Å². The average molecular weight is 364 g/mol. The van der Waals surface area contributed by atoms with Crippen LogP contribution in [0.15, 0.2) is 47.5 Å². The predicted octanol–water partition coefficient (Wildman–Crippen LogP) is 2.26. The van der Waals surface area contributed by atoms with E-state index in [1.165, 1.54) is 17.0 Å². The number of phenolic OH excluding ortho intramolecular Hbond substituents is 1. The monoisotopic (exact) mass is 363 g/mol. The normalized spacial score (nSPS) is 17.0. The Kier molecular flexibility index (Phi) is 6.02. The molecule has 6 heteroatoms. The molecular weight excluding hydrogens is 343 g/mol. The van der Waals surface area contributed by atoms with E-state index in [0.717, 1.165) is 18.7 Å². The maximum atomic E-state index is 13.3. The summed E-state index contributed by atoms with van der Waals surface area (Å²) in [7, 11) is 0. The van der Waals surface area contributed by atoms with E-state index in [2.05, 4.69) is 4.99 Å². The largest absolute Gasteiger partial charge is 0.507 e. The lowest BCUT2D eigenvalue weighted by atomic mass is 10.0. The van der Waals surface area contributed by atoms with E-state index in [1.807, 2.05) is 12.1 Å². The molecule has 1 fully saturated rings. The summed E-state index contributed by atoms with van der Waals surface area (Å²) in [4.78, 5) is 5.88. The van der Waals surface area contributed by atoms with Crippen LogP contribution in [0, 0.1) is 5.82 Å².